The highest BCUT2D eigenvalue weighted by Gasteiger charge is 2.13. The third kappa shape index (κ3) is 6.45. The van der Waals surface area contributed by atoms with Gasteiger partial charge in [0.15, 0.2) is 0 Å². The second kappa shape index (κ2) is 11.2. The normalized spacial score (nSPS) is 10.0. The summed E-state index contributed by atoms with van der Waals surface area (Å²) in [6.45, 7) is 4.36. The number of nitrogens with one attached hydrogen (secondary N) is 1. The lowest BCUT2D eigenvalue weighted by atomic mass is 10.0. The fourth-order valence-electron chi connectivity index (χ4n) is 2.41. The highest BCUT2D eigenvalue weighted by Crippen LogP contribution is 2.31. The standard InChI is InChI=1S/C17H19NO3S.C5H3F2N/c1-4-9-21-17(20)12-6-5-11(2)13(10-12)14-7-8-15(22-14)16(19)18-3;6-4-1-5(7)3-8-2-4/h5-8,10H,4,9H2,1-3H3,(H,18,19);1-3H. The first kappa shape index (κ1) is 23.2. The summed E-state index contributed by atoms with van der Waals surface area (Å²) >= 11 is 1.41. The molecule has 1 N–H and O–H groups in total. The van der Waals surface area contributed by atoms with Crippen LogP contribution in [0.5, 0.6) is 0 Å². The van der Waals surface area contributed by atoms with Gasteiger partial charge in [0.05, 0.1) is 29.4 Å². The molecule has 0 aliphatic heterocycles. The summed E-state index contributed by atoms with van der Waals surface area (Å²) in [4.78, 5) is 28.5. The van der Waals surface area contributed by atoms with Crippen molar-refractivity contribution in [3.8, 4) is 10.4 Å². The molecule has 3 rings (SSSR count). The van der Waals surface area contributed by atoms with E-state index in [0.717, 1.165) is 40.9 Å². The Morgan fingerprint density at radius 3 is 2.37 bits per heavy atom. The molecule has 0 fully saturated rings. The molecule has 2 heterocycles. The SMILES string of the molecule is CCCOC(=O)c1ccc(C)c(-c2ccc(C(=O)NC)s2)c1.Fc1cncc(F)c1. The number of hydrogen-bond acceptors (Lipinski definition) is 5. The molecule has 0 spiro atoms. The molecule has 8 heteroatoms. The van der Waals surface area contributed by atoms with Gasteiger partial charge in [-0.2, -0.15) is 0 Å². The average molecular weight is 432 g/mol. The summed E-state index contributed by atoms with van der Waals surface area (Å²) in [6.07, 6.45) is 2.69. The summed E-state index contributed by atoms with van der Waals surface area (Å²) in [6, 6.07) is 9.96. The van der Waals surface area contributed by atoms with Crippen molar-refractivity contribution >= 4 is 23.2 Å². The van der Waals surface area contributed by atoms with E-state index in [1.54, 1.807) is 19.2 Å². The van der Waals surface area contributed by atoms with Crippen molar-refractivity contribution in [2.24, 2.45) is 0 Å². The van der Waals surface area contributed by atoms with E-state index in [2.05, 4.69) is 10.3 Å². The zero-order valence-electron chi connectivity index (χ0n) is 16.9. The largest absolute Gasteiger partial charge is 0.462 e. The molecule has 158 valence electrons. The molecule has 5 nitrogen and oxygen atoms in total. The number of benzene rings is 1. The van der Waals surface area contributed by atoms with Gasteiger partial charge in [0, 0.05) is 18.0 Å². The van der Waals surface area contributed by atoms with E-state index in [-0.39, 0.29) is 11.9 Å². The number of hydrogen-bond donors (Lipinski definition) is 1. The van der Waals surface area contributed by atoms with Gasteiger partial charge >= 0.3 is 5.97 Å². The molecule has 0 radical (unpaired) electrons. The number of pyridine rings is 1. The lowest BCUT2D eigenvalue weighted by Crippen LogP contribution is -2.15. The lowest BCUT2D eigenvalue weighted by molar-refractivity contribution is 0.0505. The number of amides is 1. The first-order chi connectivity index (χ1) is 14.3. The number of aryl methyl sites for hydroxylation is 1. The molecule has 0 aliphatic carbocycles. The molecule has 1 aromatic carbocycles. The Balaban J connectivity index is 0.000000335. The van der Waals surface area contributed by atoms with Crippen LogP contribution < -0.4 is 5.32 Å². The highest BCUT2D eigenvalue weighted by atomic mass is 32.1. The maximum atomic E-state index is 12.0. The molecule has 0 saturated heterocycles. The summed E-state index contributed by atoms with van der Waals surface area (Å²) in [7, 11) is 1.61. The third-order valence-electron chi connectivity index (χ3n) is 3.90. The predicted molar refractivity (Wildman–Crippen MR) is 113 cm³/mol. The van der Waals surface area contributed by atoms with E-state index in [4.69, 9.17) is 4.74 Å². The maximum absolute atomic E-state index is 12.0. The Kier molecular flexibility index (Phi) is 8.61. The van der Waals surface area contributed by atoms with Gasteiger partial charge in [-0.25, -0.2) is 13.6 Å². The van der Waals surface area contributed by atoms with Crippen molar-refractivity contribution in [1.29, 1.82) is 0 Å². The third-order valence-corrected chi connectivity index (χ3v) is 5.02. The van der Waals surface area contributed by atoms with Crippen LogP contribution in [0.1, 0.15) is 38.9 Å². The van der Waals surface area contributed by atoms with Crippen LogP contribution >= 0.6 is 11.3 Å². The van der Waals surface area contributed by atoms with Gasteiger partial charge in [0.1, 0.15) is 11.6 Å². The quantitative estimate of drug-likeness (QED) is 0.576. The molecule has 0 saturated carbocycles. The van der Waals surface area contributed by atoms with E-state index in [1.807, 2.05) is 32.0 Å². The van der Waals surface area contributed by atoms with E-state index < -0.39 is 11.6 Å². The molecule has 1 amide bonds. The summed E-state index contributed by atoms with van der Waals surface area (Å²) in [5.74, 6) is -1.71. The molecule has 0 unspecified atom stereocenters. The zero-order chi connectivity index (χ0) is 22.1. The van der Waals surface area contributed by atoms with E-state index in [9.17, 15) is 18.4 Å². The molecular formula is C22H22F2N2O3S. The van der Waals surface area contributed by atoms with Gasteiger partial charge in [0.2, 0.25) is 0 Å². The van der Waals surface area contributed by atoms with Crippen LogP contribution in [0.2, 0.25) is 0 Å². The fourth-order valence-corrected chi connectivity index (χ4v) is 3.44. The van der Waals surface area contributed by atoms with E-state index in [0.29, 0.717) is 17.0 Å². The highest BCUT2D eigenvalue weighted by molar-refractivity contribution is 7.17. The Hall–Kier alpha value is -3.13. The Morgan fingerprint density at radius 1 is 1.10 bits per heavy atom. The molecule has 0 bridgehead atoms. The molecule has 0 atom stereocenters. The van der Waals surface area contributed by atoms with Crippen molar-refractivity contribution in [3.05, 3.63) is 76.4 Å². The maximum Gasteiger partial charge on any atom is 0.338 e. The number of thiophene rings is 1. The number of rotatable bonds is 5. The van der Waals surface area contributed by atoms with Gasteiger partial charge in [-0.05, 0) is 48.7 Å². The molecule has 2 aromatic heterocycles. The van der Waals surface area contributed by atoms with Gasteiger partial charge < -0.3 is 10.1 Å². The summed E-state index contributed by atoms with van der Waals surface area (Å²) < 4.78 is 28.9. The number of carbonyl (C=O) groups is 2. The monoisotopic (exact) mass is 432 g/mol. The summed E-state index contributed by atoms with van der Waals surface area (Å²) in [5, 5.41) is 2.61. The number of carbonyl (C=O) groups excluding carboxylic acids is 2. The second-order valence-electron chi connectivity index (χ2n) is 6.23. The summed E-state index contributed by atoms with van der Waals surface area (Å²) in [5.41, 5.74) is 2.53. The second-order valence-corrected chi connectivity index (χ2v) is 7.31. The molecule has 3 aromatic rings. The Labute approximate surface area is 177 Å². The first-order valence-corrected chi connectivity index (χ1v) is 10.0. The Bertz CT molecular complexity index is 1000. The number of aromatic nitrogens is 1. The van der Waals surface area contributed by atoms with Gasteiger partial charge in [0.25, 0.3) is 5.91 Å². The van der Waals surface area contributed by atoms with Crippen molar-refractivity contribution in [2.75, 3.05) is 13.7 Å². The number of esters is 1. The first-order valence-electron chi connectivity index (χ1n) is 9.21. The van der Waals surface area contributed by atoms with Crippen LogP contribution in [-0.4, -0.2) is 30.5 Å². The topological polar surface area (TPSA) is 68.3 Å². The number of nitrogens with zero attached hydrogens (tertiary/aromatic N) is 1. The number of ether oxygens (including phenoxy) is 1. The van der Waals surface area contributed by atoms with Crippen LogP contribution in [0.25, 0.3) is 10.4 Å². The Morgan fingerprint density at radius 2 is 1.80 bits per heavy atom. The van der Waals surface area contributed by atoms with Crippen molar-refractivity contribution in [3.63, 3.8) is 0 Å². The minimum absolute atomic E-state index is 0.104. The van der Waals surface area contributed by atoms with Gasteiger partial charge in [-0.15, -0.1) is 11.3 Å². The van der Waals surface area contributed by atoms with E-state index >= 15 is 0 Å². The smallest absolute Gasteiger partial charge is 0.338 e. The minimum Gasteiger partial charge on any atom is -0.462 e. The fraction of sp³-hybridized carbons (Fsp3) is 0.227. The number of halogens is 2. The van der Waals surface area contributed by atoms with Crippen LogP contribution in [-0.2, 0) is 4.74 Å². The lowest BCUT2D eigenvalue weighted by Gasteiger charge is -2.07. The predicted octanol–water partition coefficient (Wildman–Crippen LogP) is 5.01. The van der Waals surface area contributed by atoms with Crippen LogP contribution in [0.4, 0.5) is 8.78 Å². The van der Waals surface area contributed by atoms with Crippen molar-refractivity contribution in [2.45, 2.75) is 20.3 Å². The van der Waals surface area contributed by atoms with Crippen molar-refractivity contribution < 1.29 is 23.1 Å². The molecule has 30 heavy (non-hydrogen) atoms. The van der Waals surface area contributed by atoms with Crippen LogP contribution in [0.3, 0.4) is 0 Å². The average Bonchev–Trinajstić information content (AvgIpc) is 3.22. The van der Waals surface area contributed by atoms with Gasteiger partial charge in [-0.3, -0.25) is 9.78 Å². The van der Waals surface area contributed by atoms with Crippen LogP contribution in [0, 0.1) is 18.6 Å². The molecule has 0 aliphatic rings. The van der Waals surface area contributed by atoms with Crippen LogP contribution in [0.15, 0.2) is 48.8 Å². The van der Waals surface area contributed by atoms with Gasteiger partial charge in [-0.1, -0.05) is 13.0 Å². The van der Waals surface area contributed by atoms with E-state index in [1.165, 1.54) is 11.3 Å². The zero-order valence-corrected chi connectivity index (χ0v) is 17.7. The molecular weight excluding hydrogens is 410 g/mol. The van der Waals surface area contributed by atoms with Crippen molar-refractivity contribution in [1.82, 2.24) is 10.3 Å². The minimum atomic E-state index is -0.648.